The molecule has 0 aliphatic heterocycles. The molecule has 0 atom stereocenters. The van der Waals surface area contributed by atoms with Crippen molar-refractivity contribution in [2.24, 2.45) is 0 Å². The maximum atomic E-state index is 5.10. The van der Waals surface area contributed by atoms with Gasteiger partial charge in [-0.25, -0.2) is 4.98 Å². The van der Waals surface area contributed by atoms with Crippen molar-refractivity contribution >= 4 is 28.1 Å². The monoisotopic (exact) mass is 294 g/mol. The van der Waals surface area contributed by atoms with Crippen LogP contribution in [0.1, 0.15) is 11.3 Å². The van der Waals surface area contributed by atoms with Crippen molar-refractivity contribution < 1.29 is 0 Å². The summed E-state index contributed by atoms with van der Waals surface area (Å²) in [5.41, 5.74) is 3.26. The van der Waals surface area contributed by atoms with Gasteiger partial charge in [0.1, 0.15) is 10.5 Å². The SMILES string of the molecule is Cc1cc(=S)nc(-c2ccc(C)c(Br)c2)[nH]1. The quantitative estimate of drug-likeness (QED) is 0.799. The van der Waals surface area contributed by atoms with E-state index in [9.17, 15) is 0 Å². The second kappa shape index (κ2) is 4.47. The molecule has 1 heterocycles. The van der Waals surface area contributed by atoms with Gasteiger partial charge in [-0.3, -0.25) is 0 Å². The van der Waals surface area contributed by atoms with Crippen molar-refractivity contribution in [1.82, 2.24) is 9.97 Å². The van der Waals surface area contributed by atoms with Gasteiger partial charge in [0.15, 0.2) is 0 Å². The molecule has 1 N–H and O–H groups in total. The van der Waals surface area contributed by atoms with Gasteiger partial charge in [0, 0.05) is 15.7 Å². The molecule has 1 aromatic carbocycles. The molecule has 0 radical (unpaired) electrons. The van der Waals surface area contributed by atoms with Crippen molar-refractivity contribution in [3.05, 3.63) is 44.6 Å². The zero-order valence-electron chi connectivity index (χ0n) is 9.04. The van der Waals surface area contributed by atoms with E-state index in [4.69, 9.17) is 12.2 Å². The van der Waals surface area contributed by atoms with Crippen LogP contribution in [0, 0.1) is 18.5 Å². The third-order valence-electron chi connectivity index (χ3n) is 2.32. The van der Waals surface area contributed by atoms with Crippen molar-refractivity contribution in [3.63, 3.8) is 0 Å². The molecule has 1 aromatic heterocycles. The zero-order valence-corrected chi connectivity index (χ0v) is 11.4. The third-order valence-corrected chi connectivity index (χ3v) is 3.39. The van der Waals surface area contributed by atoms with Crippen LogP contribution in [0.2, 0.25) is 0 Å². The summed E-state index contributed by atoms with van der Waals surface area (Å²) in [6, 6.07) is 7.98. The van der Waals surface area contributed by atoms with Gasteiger partial charge in [-0.2, -0.15) is 0 Å². The molecule has 2 rings (SSSR count). The summed E-state index contributed by atoms with van der Waals surface area (Å²) in [5.74, 6) is 0.811. The van der Waals surface area contributed by atoms with Crippen LogP contribution in [0.4, 0.5) is 0 Å². The van der Waals surface area contributed by atoms with E-state index in [1.54, 1.807) is 0 Å². The number of benzene rings is 1. The fourth-order valence-corrected chi connectivity index (χ4v) is 2.10. The second-order valence-electron chi connectivity index (χ2n) is 3.71. The van der Waals surface area contributed by atoms with Crippen LogP contribution in [-0.4, -0.2) is 9.97 Å². The van der Waals surface area contributed by atoms with E-state index in [1.165, 1.54) is 5.56 Å². The van der Waals surface area contributed by atoms with Crippen molar-refractivity contribution in [3.8, 4) is 11.4 Å². The first kappa shape index (κ1) is 11.5. The lowest BCUT2D eigenvalue weighted by molar-refractivity contribution is 1.10. The van der Waals surface area contributed by atoms with E-state index in [1.807, 2.05) is 25.1 Å². The largest absolute Gasteiger partial charge is 0.343 e. The molecular weight excluding hydrogens is 284 g/mol. The molecule has 0 unspecified atom stereocenters. The molecule has 0 spiro atoms. The third kappa shape index (κ3) is 2.39. The molecule has 0 fully saturated rings. The summed E-state index contributed by atoms with van der Waals surface area (Å²) >= 11 is 8.62. The molecule has 4 heteroatoms. The van der Waals surface area contributed by atoms with Crippen LogP contribution >= 0.6 is 28.1 Å². The zero-order chi connectivity index (χ0) is 11.7. The van der Waals surface area contributed by atoms with Gasteiger partial charge in [-0.15, -0.1) is 0 Å². The van der Waals surface area contributed by atoms with E-state index in [0.29, 0.717) is 4.64 Å². The Hall–Kier alpha value is -1.00. The van der Waals surface area contributed by atoms with Crippen LogP contribution in [-0.2, 0) is 0 Å². The molecule has 0 saturated carbocycles. The van der Waals surface area contributed by atoms with Crippen LogP contribution in [0.5, 0.6) is 0 Å². The maximum absolute atomic E-state index is 5.10. The molecule has 82 valence electrons. The Kier molecular flexibility index (Phi) is 3.21. The number of hydrogen-bond donors (Lipinski definition) is 1. The average molecular weight is 295 g/mol. The summed E-state index contributed by atoms with van der Waals surface area (Å²) in [6.45, 7) is 4.03. The van der Waals surface area contributed by atoms with Gasteiger partial charge in [0.25, 0.3) is 0 Å². The number of aromatic amines is 1. The molecule has 0 aliphatic rings. The number of rotatable bonds is 1. The standard InChI is InChI=1S/C12H11BrN2S/c1-7-3-4-9(6-10(7)13)12-14-8(2)5-11(16)15-12/h3-6H,1-2H3,(H,14,15,16). The van der Waals surface area contributed by atoms with E-state index in [0.717, 1.165) is 21.6 Å². The van der Waals surface area contributed by atoms with Gasteiger partial charge in [-0.1, -0.05) is 40.3 Å². The molecule has 2 aromatic rings. The molecule has 0 amide bonds. The lowest BCUT2D eigenvalue weighted by Gasteiger charge is -2.05. The number of halogens is 1. The van der Waals surface area contributed by atoms with Gasteiger partial charge < -0.3 is 4.98 Å². The van der Waals surface area contributed by atoms with Gasteiger partial charge >= 0.3 is 0 Å². The fraction of sp³-hybridized carbons (Fsp3) is 0.167. The summed E-state index contributed by atoms with van der Waals surface area (Å²) in [5, 5.41) is 0. The van der Waals surface area contributed by atoms with Crippen molar-refractivity contribution in [2.45, 2.75) is 13.8 Å². The minimum Gasteiger partial charge on any atom is -0.343 e. The highest BCUT2D eigenvalue weighted by atomic mass is 79.9. The molecule has 0 saturated heterocycles. The minimum atomic E-state index is 0.614. The Labute approximate surface area is 108 Å². The lowest BCUT2D eigenvalue weighted by atomic mass is 10.1. The van der Waals surface area contributed by atoms with Gasteiger partial charge in [0.05, 0.1) is 0 Å². The number of aromatic nitrogens is 2. The Morgan fingerprint density at radius 2 is 2.00 bits per heavy atom. The predicted octanol–water partition coefficient (Wildman–Crippen LogP) is 4.19. The molecule has 2 nitrogen and oxygen atoms in total. The molecular formula is C12H11BrN2S. The van der Waals surface area contributed by atoms with Crippen LogP contribution < -0.4 is 0 Å². The van der Waals surface area contributed by atoms with Crippen LogP contribution in [0.3, 0.4) is 0 Å². The first-order valence-corrected chi connectivity index (χ1v) is 6.11. The summed E-state index contributed by atoms with van der Waals surface area (Å²) in [6.07, 6.45) is 0. The smallest absolute Gasteiger partial charge is 0.139 e. The Morgan fingerprint density at radius 1 is 1.25 bits per heavy atom. The normalized spacial score (nSPS) is 10.4. The predicted molar refractivity (Wildman–Crippen MR) is 72.0 cm³/mol. The van der Waals surface area contributed by atoms with E-state index >= 15 is 0 Å². The molecule has 0 bridgehead atoms. The van der Waals surface area contributed by atoms with E-state index in [-0.39, 0.29) is 0 Å². The average Bonchev–Trinajstić information content (AvgIpc) is 2.20. The number of aryl methyl sites for hydroxylation is 2. The number of H-pyrrole nitrogens is 1. The molecule has 16 heavy (non-hydrogen) atoms. The van der Waals surface area contributed by atoms with E-state index in [2.05, 4.69) is 38.9 Å². The number of nitrogens with zero attached hydrogens (tertiary/aromatic N) is 1. The highest BCUT2D eigenvalue weighted by Gasteiger charge is 2.03. The summed E-state index contributed by atoms with van der Waals surface area (Å²) in [7, 11) is 0. The first-order chi connectivity index (χ1) is 7.56. The number of hydrogen-bond acceptors (Lipinski definition) is 2. The molecule has 0 aliphatic carbocycles. The number of nitrogens with one attached hydrogen (secondary N) is 1. The van der Waals surface area contributed by atoms with Crippen molar-refractivity contribution in [2.75, 3.05) is 0 Å². The minimum absolute atomic E-state index is 0.614. The van der Waals surface area contributed by atoms with Crippen LogP contribution in [0.15, 0.2) is 28.7 Å². The van der Waals surface area contributed by atoms with Gasteiger partial charge in [0.2, 0.25) is 0 Å². The second-order valence-corrected chi connectivity index (χ2v) is 4.99. The summed E-state index contributed by atoms with van der Waals surface area (Å²) < 4.78 is 1.69. The highest BCUT2D eigenvalue weighted by Crippen LogP contribution is 2.23. The Morgan fingerprint density at radius 3 is 2.62 bits per heavy atom. The lowest BCUT2D eigenvalue weighted by Crippen LogP contribution is -1.92. The highest BCUT2D eigenvalue weighted by molar-refractivity contribution is 9.10. The first-order valence-electron chi connectivity index (χ1n) is 4.91. The Balaban J connectivity index is 2.58. The van der Waals surface area contributed by atoms with Crippen LogP contribution in [0.25, 0.3) is 11.4 Å². The topological polar surface area (TPSA) is 28.7 Å². The van der Waals surface area contributed by atoms with Gasteiger partial charge in [-0.05, 0) is 31.5 Å². The summed E-state index contributed by atoms with van der Waals surface area (Å²) in [4.78, 5) is 7.53. The van der Waals surface area contributed by atoms with Crippen molar-refractivity contribution in [1.29, 1.82) is 0 Å². The van der Waals surface area contributed by atoms with E-state index < -0.39 is 0 Å². The maximum Gasteiger partial charge on any atom is 0.139 e. The fourth-order valence-electron chi connectivity index (χ4n) is 1.46. The Bertz CT molecular complexity index is 590.